The molecule has 55 heavy (non-hydrogen) atoms. The number of nitrogens with zero attached hydrogens (tertiary/aromatic N) is 4. The number of benzene rings is 1. The number of hydrogen-bond acceptors (Lipinski definition) is 10. The van der Waals surface area contributed by atoms with Gasteiger partial charge in [-0.3, -0.25) is 29.0 Å². The molecule has 0 saturated carbocycles. The van der Waals surface area contributed by atoms with Crippen molar-refractivity contribution in [1.82, 2.24) is 35.7 Å². The van der Waals surface area contributed by atoms with Crippen molar-refractivity contribution in [3.8, 4) is 5.75 Å². The number of aliphatic carboxylic acids is 1. The van der Waals surface area contributed by atoms with Crippen molar-refractivity contribution in [1.29, 1.82) is 0 Å². The van der Waals surface area contributed by atoms with Gasteiger partial charge >= 0.3 is 5.97 Å². The standard InChI is InChI=1S/C36H53N11O8/c1-20(2)29(37)34(53)47-15-5-8-28(47)33(52)46-14-4-7-27(46)32(51)43-24(6-3-13-41-36(38)39)30(49)44-25(16-21-9-11-23(48)12-10-21)31(50)45-26(35(54)55)17-22-18-40-19-42-22/h9-12,18-20,24-29,48H,3-8,13-17,37H2,1-2H3,(H,40,42)(H,43,51)(H,44,49)(H,45,50)(H,54,55)(H4,38,39,41)/t24-,25-,26-,27-,28-,29-/m0/s1. The molecule has 3 heterocycles. The van der Waals surface area contributed by atoms with Crippen molar-refractivity contribution in [2.75, 3.05) is 19.6 Å². The van der Waals surface area contributed by atoms with Gasteiger partial charge in [0.15, 0.2) is 5.96 Å². The molecule has 1 aromatic heterocycles. The van der Waals surface area contributed by atoms with Gasteiger partial charge in [-0.05, 0) is 62.1 Å². The number of phenolic OH excluding ortho intramolecular Hbond substituents is 1. The molecular formula is C36H53N11O8. The van der Waals surface area contributed by atoms with Crippen LogP contribution in [0.5, 0.6) is 5.75 Å². The van der Waals surface area contributed by atoms with Crippen molar-refractivity contribution >= 4 is 41.5 Å². The summed E-state index contributed by atoms with van der Waals surface area (Å²) >= 11 is 0. The van der Waals surface area contributed by atoms with Gasteiger partial charge in [0.1, 0.15) is 36.0 Å². The molecule has 2 saturated heterocycles. The second kappa shape index (κ2) is 19.6. The first-order valence-electron chi connectivity index (χ1n) is 18.5. The number of carboxylic acid groups (broad SMARTS) is 1. The fourth-order valence-electron chi connectivity index (χ4n) is 6.74. The molecule has 0 unspecified atom stereocenters. The van der Waals surface area contributed by atoms with Crippen LogP contribution < -0.4 is 33.2 Å². The number of likely N-dealkylation sites (tertiary alicyclic amines) is 2. The van der Waals surface area contributed by atoms with E-state index in [0.717, 1.165) is 0 Å². The number of aliphatic imine (C=N–C) groups is 1. The van der Waals surface area contributed by atoms with Gasteiger partial charge in [-0.15, -0.1) is 0 Å². The SMILES string of the molecule is CC(C)[C@H](N)C(=O)N1CCC[C@H]1C(=O)N1CCC[C@H]1C(=O)N[C@@H](CCCN=C(N)N)C(=O)N[C@@H](Cc1ccc(O)cc1)C(=O)N[C@@H](Cc1cnc[nH]1)C(=O)O. The summed E-state index contributed by atoms with van der Waals surface area (Å²) in [5.41, 5.74) is 18.1. The summed E-state index contributed by atoms with van der Waals surface area (Å²) in [6.07, 6.45) is 4.79. The fraction of sp³-hybridized carbons (Fsp3) is 0.556. The lowest BCUT2D eigenvalue weighted by molar-refractivity contribution is -0.147. The Labute approximate surface area is 318 Å². The molecule has 19 heteroatoms. The summed E-state index contributed by atoms with van der Waals surface area (Å²) in [4.78, 5) is 94.4. The van der Waals surface area contributed by atoms with Gasteiger partial charge < -0.3 is 58.1 Å². The van der Waals surface area contributed by atoms with E-state index in [1.807, 2.05) is 13.8 Å². The van der Waals surface area contributed by atoms with Gasteiger partial charge in [-0.2, -0.15) is 0 Å². The highest BCUT2D eigenvalue weighted by molar-refractivity contribution is 5.97. The number of aromatic nitrogens is 2. The van der Waals surface area contributed by atoms with Crippen molar-refractivity contribution in [3.05, 3.63) is 48.0 Å². The monoisotopic (exact) mass is 767 g/mol. The molecule has 0 spiro atoms. The number of nitrogens with one attached hydrogen (secondary N) is 4. The van der Waals surface area contributed by atoms with E-state index in [0.29, 0.717) is 43.5 Å². The second-order valence-electron chi connectivity index (χ2n) is 14.3. The third-order valence-electron chi connectivity index (χ3n) is 9.84. The van der Waals surface area contributed by atoms with E-state index in [1.165, 1.54) is 34.5 Å². The molecule has 2 aliphatic heterocycles. The van der Waals surface area contributed by atoms with Gasteiger partial charge in [0.2, 0.25) is 29.5 Å². The summed E-state index contributed by atoms with van der Waals surface area (Å²) < 4.78 is 0. The number of nitrogens with two attached hydrogens (primary N) is 3. The van der Waals surface area contributed by atoms with Gasteiger partial charge in [0, 0.05) is 44.4 Å². The molecule has 4 rings (SSSR count). The van der Waals surface area contributed by atoms with Crippen LogP contribution in [0.2, 0.25) is 0 Å². The smallest absolute Gasteiger partial charge is 0.326 e. The van der Waals surface area contributed by atoms with Crippen LogP contribution in [0.25, 0.3) is 0 Å². The molecule has 6 atom stereocenters. The lowest BCUT2D eigenvalue weighted by Gasteiger charge is -2.33. The first kappa shape index (κ1) is 42.0. The highest BCUT2D eigenvalue weighted by Crippen LogP contribution is 2.26. The first-order chi connectivity index (χ1) is 26.2. The van der Waals surface area contributed by atoms with Gasteiger partial charge in [0.05, 0.1) is 12.4 Å². The molecule has 2 aliphatic rings. The first-order valence-corrected chi connectivity index (χ1v) is 18.5. The Hall–Kier alpha value is -5.72. The van der Waals surface area contributed by atoms with Crippen LogP contribution in [0.4, 0.5) is 0 Å². The Morgan fingerprint density at radius 2 is 1.55 bits per heavy atom. The zero-order valence-electron chi connectivity index (χ0n) is 31.1. The minimum atomic E-state index is -1.37. The summed E-state index contributed by atoms with van der Waals surface area (Å²) in [6.45, 7) is 4.46. The predicted molar refractivity (Wildman–Crippen MR) is 200 cm³/mol. The topological polar surface area (TPSA) is 305 Å². The Morgan fingerprint density at radius 3 is 2.16 bits per heavy atom. The maximum Gasteiger partial charge on any atom is 0.326 e. The normalized spacial score (nSPS) is 18.9. The lowest BCUT2D eigenvalue weighted by atomic mass is 10.0. The van der Waals surface area contributed by atoms with Gasteiger partial charge in [-0.25, -0.2) is 9.78 Å². The number of rotatable bonds is 18. The number of carbonyl (C=O) groups is 6. The number of H-pyrrole nitrogens is 1. The molecule has 5 amide bonds. The highest BCUT2D eigenvalue weighted by atomic mass is 16.4. The summed E-state index contributed by atoms with van der Waals surface area (Å²) in [6, 6.07) is -0.438. The van der Waals surface area contributed by atoms with Gasteiger partial charge in [-0.1, -0.05) is 26.0 Å². The number of guanidine groups is 1. The van der Waals surface area contributed by atoms with E-state index in [-0.39, 0.29) is 68.2 Å². The molecule has 2 fully saturated rings. The van der Waals surface area contributed by atoms with Crippen molar-refractivity contribution < 1.29 is 39.0 Å². The Morgan fingerprint density at radius 1 is 0.909 bits per heavy atom. The number of carbonyl (C=O) groups excluding carboxylic acids is 5. The highest BCUT2D eigenvalue weighted by Gasteiger charge is 2.44. The Balaban J connectivity index is 1.53. The number of amides is 5. The Kier molecular flexibility index (Phi) is 14.9. The zero-order valence-corrected chi connectivity index (χ0v) is 31.1. The predicted octanol–water partition coefficient (Wildman–Crippen LogP) is -1.54. The molecular weight excluding hydrogens is 714 g/mol. The number of aromatic hydroxyl groups is 1. The minimum absolute atomic E-state index is 0.0198. The average Bonchev–Trinajstić information content (AvgIpc) is 3.95. The van der Waals surface area contributed by atoms with Crippen LogP contribution in [0, 0.1) is 5.92 Å². The lowest BCUT2D eigenvalue weighted by Crippen LogP contribution is -2.59. The summed E-state index contributed by atoms with van der Waals surface area (Å²) in [5.74, 6) is -4.44. The number of imidazole rings is 1. The summed E-state index contributed by atoms with van der Waals surface area (Å²) in [5, 5.41) is 27.6. The minimum Gasteiger partial charge on any atom is -0.508 e. The van der Waals surface area contributed by atoms with E-state index in [2.05, 4.69) is 30.9 Å². The fourth-order valence-corrected chi connectivity index (χ4v) is 6.74. The zero-order chi connectivity index (χ0) is 40.2. The van der Waals surface area contributed by atoms with Crippen molar-refractivity contribution in [2.45, 2.75) is 101 Å². The van der Waals surface area contributed by atoms with E-state index in [9.17, 15) is 39.0 Å². The quantitative estimate of drug-likeness (QED) is 0.0474. The molecule has 12 N–H and O–H groups in total. The average molecular weight is 768 g/mol. The molecule has 19 nitrogen and oxygen atoms in total. The van der Waals surface area contributed by atoms with E-state index >= 15 is 0 Å². The van der Waals surface area contributed by atoms with Gasteiger partial charge in [0.25, 0.3) is 0 Å². The third-order valence-corrected chi connectivity index (χ3v) is 9.84. The number of hydrogen-bond donors (Lipinski definition) is 9. The van der Waals surface area contributed by atoms with Crippen LogP contribution in [0.3, 0.4) is 0 Å². The van der Waals surface area contributed by atoms with Crippen molar-refractivity contribution in [2.24, 2.45) is 28.1 Å². The maximum atomic E-state index is 14.0. The molecule has 0 aliphatic carbocycles. The molecule has 1 aromatic carbocycles. The Bertz CT molecular complexity index is 1680. The second-order valence-corrected chi connectivity index (χ2v) is 14.3. The third kappa shape index (κ3) is 11.6. The summed E-state index contributed by atoms with van der Waals surface area (Å²) in [7, 11) is 0. The van der Waals surface area contributed by atoms with E-state index < -0.39 is 59.9 Å². The molecule has 0 bridgehead atoms. The van der Waals surface area contributed by atoms with Crippen LogP contribution in [-0.2, 0) is 41.6 Å². The molecule has 300 valence electrons. The van der Waals surface area contributed by atoms with Crippen LogP contribution in [0.15, 0.2) is 41.8 Å². The van der Waals surface area contributed by atoms with E-state index in [4.69, 9.17) is 17.2 Å². The maximum absolute atomic E-state index is 14.0. The van der Waals surface area contributed by atoms with Crippen LogP contribution >= 0.6 is 0 Å². The number of phenols is 1. The molecule has 2 aromatic rings. The van der Waals surface area contributed by atoms with Crippen LogP contribution in [0.1, 0.15) is 63.6 Å². The van der Waals surface area contributed by atoms with E-state index in [1.54, 1.807) is 12.1 Å². The number of aromatic amines is 1. The molecule has 0 radical (unpaired) electrons. The van der Waals surface area contributed by atoms with Crippen molar-refractivity contribution in [3.63, 3.8) is 0 Å². The number of carboxylic acids is 1. The van der Waals surface area contributed by atoms with Crippen LogP contribution in [-0.4, -0.2) is 127 Å². The largest absolute Gasteiger partial charge is 0.508 e.